The summed E-state index contributed by atoms with van der Waals surface area (Å²) in [7, 11) is 0. The van der Waals surface area contributed by atoms with Gasteiger partial charge in [0.05, 0.1) is 0 Å². The molecule has 3 nitrogen and oxygen atoms in total. The Morgan fingerprint density at radius 3 is 2.92 bits per heavy atom. The van der Waals surface area contributed by atoms with Crippen molar-refractivity contribution in [3.63, 3.8) is 0 Å². The van der Waals surface area contributed by atoms with Gasteiger partial charge in [-0.1, -0.05) is 13.8 Å². The molecule has 0 aromatic carbocycles. The smallest absolute Gasteiger partial charge is 0.106 e. The fraction of sp³-hybridized carbons (Fsp3) is 0.700. The molecule has 0 unspecified atom stereocenters. The first-order chi connectivity index (χ1) is 6.22. The van der Waals surface area contributed by atoms with Crippen LogP contribution in [0.2, 0.25) is 0 Å². The molecule has 0 saturated heterocycles. The molecule has 0 radical (unpaired) electrons. The summed E-state index contributed by atoms with van der Waals surface area (Å²) in [6, 6.07) is 0. The van der Waals surface area contributed by atoms with Crippen molar-refractivity contribution in [2.45, 2.75) is 33.1 Å². The second-order valence-electron chi connectivity index (χ2n) is 3.85. The lowest BCUT2D eigenvalue weighted by molar-refractivity contribution is 0.636. The van der Waals surface area contributed by atoms with Crippen LogP contribution in [0.15, 0.2) is 6.20 Å². The molecule has 0 aliphatic rings. The summed E-state index contributed by atoms with van der Waals surface area (Å²) in [5, 5.41) is 0. The Hall–Kier alpha value is -0.830. The molecule has 0 saturated carbocycles. The van der Waals surface area contributed by atoms with Crippen LogP contribution in [-0.4, -0.2) is 16.5 Å². The van der Waals surface area contributed by atoms with Crippen LogP contribution in [0, 0.1) is 5.92 Å². The Labute approximate surface area is 79.8 Å². The molecule has 0 aliphatic heterocycles. The van der Waals surface area contributed by atoms with E-state index in [0.29, 0.717) is 5.92 Å². The number of hydrogen-bond donors (Lipinski definition) is 2. The van der Waals surface area contributed by atoms with Gasteiger partial charge in [-0.25, -0.2) is 4.98 Å². The van der Waals surface area contributed by atoms with Crippen molar-refractivity contribution in [3.05, 3.63) is 17.7 Å². The molecule has 0 spiro atoms. The van der Waals surface area contributed by atoms with Crippen molar-refractivity contribution in [2.75, 3.05) is 6.54 Å². The lowest BCUT2D eigenvalue weighted by Crippen LogP contribution is -2.01. The van der Waals surface area contributed by atoms with Gasteiger partial charge in [0.2, 0.25) is 0 Å². The molecule has 0 atom stereocenters. The fourth-order valence-corrected chi connectivity index (χ4v) is 1.35. The Morgan fingerprint density at radius 1 is 1.54 bits per heavy atom. The number of nitrogens with two attached hydrogens (primary N) is 1. The van der Waals surface area contributed by atoms with Gasteiger partial charge < -0.3 is 10.7 Å². The summed E-state index contributed by atoms with van der Waals surface area (Å²) in [6.45, 7) is 5.15. The molecule has 13 heavy (non-hydrogen) atoms. The topological polar surface area (TPSA) is 54.7 Å². The van der Waals surface area contributed by atoms with Gasteiger partial charge >= 0.3 is 0 Å². The highest BCUT2D eigenvalue weighted by Gasteiger charge is 2.02. The Bertz CT molecular complexity index is 240. The third-order valence-corrected chi connectivity index (χ3v) is 1.93. The zero-order valence-electron chi connectivity index (χ0n) is 8.51. The second-order valence-corrected chi connectivity index (χ2v) is 3.85. The molecule has 1 heterocycles. The normalized spacial score (nSPS) is 11.1. The Balaban J connectivity index is 2.44. The van der Waals surface area contributed by atoms with E-state index in [4.69, 9.17) is 5.73 Å². The van der Waals surface area contributed by atoms with Gasteiger partial charge in [-0.3, -0.25) is 0 Å². The monoisotopic (exact) mass is 181 g/mol. The van der Waals surface area contributed by atoms with E-state index in [9.17, 15) is 0 Å². The van der Waals surface area contributed by atoms with Crippen LogP contribution < -0.4 is 5.73 Å². The standard InChI is InChI=1S/C10H19N3/c1-8(2)6-9-7-12-10(13-9)4-3-5-11/h7-8H,3-6,11H2,1-2H3,(H,12,13). The van der Waals surface area contributed by atoms with Gasteiger partial charge in [-0.05, 0) is 25.3 Å². The molecule has 74 valence electrons. The highest BCUT2D eigenvalue weighted by atomic mass is 14.9. The highest BCUT2D eigenvalue weighted by Crippen LogP contribution is 2.06. The maximum absolute atomic E-state index is 5.42. The minimum absolute atomic E-state index is 0.683. The van der Waals surface area contributed by atoms with Crippen LogP contribution in [0.4, 0.5) is 0 Å². The first-order valence-electron chi connectivity index (χ1n) is 4.95. The van der Waals surface area contributed by atoms with Crippen molar-refractivity contribution in [1.82, 2.24) is 9.97 Å². The van der Waals surface area contributed by atoms with Crippen LogP contribution in [0.25, 0.3) is 0 Å². The van der Waals surface area contributed by atoms with Crippen LogP contribution in [0.3, 0.4) is 0 Å². The highest BCUT2D eigenvalue weighted by molar-refractivity contribution is 5.02. The van der Waals surface area contributed by atoms with Crippen molar-refractivity contribution >= 4 is 0 Å². The molecule has 3 N–H and O–H groups in total. The molecule has 1 aromatic heterocycles. The maximum atomic E-state index is 5.42. The van der Waals surface area contributed by atoms with E-state index in [1.807, 2.05) is 6.20 Å². The molecule has 0 amide bonds. The maximum Gasteiger partial charge on any atom is 0.106 e. The first kappa shape index (κ1) is 10.3. The van der Waals surface area contributed by atoms with Crippen molar-refractivity contribution in [2.24, 2.45) is 11.7 Å². The quantitative estimate of drug-likeness (QED) is 0.723. The number of hydrogen-bond acceptors (Lipinski definition) is 2. The van der Waals surface area contributed by atoms with Gasteiger partial charge in [-0.15, -0.1) is 0 Å². The Kier molecular flexibility index (Phi) is 3.96. The van der Waals surface area contributed by atoms with E-state index in [1.54, 1.807) is 0 Å². The third kappa shape index (κ3) is 3.59. The predicted octanol–water partition coefficient (Wildman–Crippen LogP) is 1.50. The second kappa shape index (κ2) is 5.02. The number of rotatable bonds is 5. The average Bonchev–Trinajstić information content (AvgIpc) is 2.48. The third-order valence-electron chi connectivity index (χ3n) is 1.93. The van der Waals surface area contributed by atoms with Crippen molar-refractivity contribution in [3.8, 4) is 0 Å². The van der Waals surface area contributed by atoms with Gasteiger partial charge in [-0.2, -0.15) is 0 Å². The van der Waals surface area contributed by atoms with Gasteiger partial charge in [0, 0.05) is 18.3 Å². The number of imidazole rings is 1. The van der Waals surface area contributed by atoms with E-state index < -0.39 is 0 Å². The molecule has 0 aliphatic carbocycles. The van der Waals surface area contributed by atoms with E-state index in [1.165, 1.54) is 5.69 Å². The average molecular weight is 181 g/mol. The fourth-order valence-electron chi connectivity index (χ4n) is 1.35. The summed E-state index contributed by atoms with van der Waals surface area (Å²) in [4.78, 5) is 7.61. The summed E-state index contributed by atoms with van der Waals surface area (Å²) in [5.74, 6) is 1.75. The van der Waals surface area contributed by atoms with Gasteiger partial charge in [0.1, 0.15) is 5.82 Å². The first-order valence-corrected chi connectivity index (χ1v) is 4.95. The van der Waals surface area contributed by atoms with Crippen LogP contribution in [-0.2, 0) is 12.8 Å². The predicted molar refractivity (Wildman–Crippen MR) is 54.5 cm³/mol. The molecule has 3 heteroatoms. The number of nitrogens with zero attached hydrogens (tertiary/aromatic N) is 1. The molecular weight excluding hydrogens is 162 g/mol. The summed E-state index contributed by atoms with van der Waals surface area (Å²) in [6.07, 6.45) is 4.99. The SMILES string of the molecule is CC(C)Cc1cnc(CCCN)[nH]1. The summed E-state index contributed by atoms with van der Waals surface area (Å²) < 4.78 is 0. The van der Waals surface area contributed by atoms with E-state index in [2.05, 4.69) is 23.8 Å². The van der Waals surface area contributed by atoms with E-state index in [-0.39, 0.29) is 0 Å². The minimum atomic E-state index is 0.683. The minimum Gasteiger partial charge on any atom is -0.346 e. The van der Waals surface area contributed by atoms with E-state index >= 15 is 0 Å². The lowest BCUT2D eigenvalue weighted by atomic mass is 10.1. The zero-order chi connectivity index (χ0) is 9.68. The largest absolute Gasteiger partial charge is 0.346 e. The molecule has 1 rings (SSSR count). The number of H-pyrrole nitrogens is 1. The van der Waals surface area contributed by atoms with Crippen LogP contribution in [0.1, 0.15) is 31.8 Å². The van der Waals surface area contributed by atoms with Crippen molar-refractivity contribution < 1.29 is 0 Å². The van der Waals surface area contributed by atoms with Gasteiger partial charge in [0.25, 0.3) is 0 Å². The number of nitrogens with one attached hydrogen (secondary N) is 1. The van der Waals surface area contributed by atoms with Crippen LogP contribution >= 0.6 is 0 Å². The Morgan fingerprint density at radius 2 is 2.31 bits per heavy atom. The van der Waals surface area contributed by atoms with Gasteiger partial charge in [0.15, 0.2) is 0 Å². The summed E-state index contributed by atoms with van der Waals surface area (Å²) in [5.41, 5.74) is 6.66. The molecule has 0 bridgehead atoms. The summed E-state index contributed by atoms with van der Waals surface area (Å²) >= 11 is 0. The number of aryl methyl sites for hydroxylation is 1. The molecule has 1 aromatic rings. The van der Waals surface area contributed by atoms with Crippen molar-refractivity contribution in [1.29, 1.82) is 0 Å². The zero-order valence-corrected chi connectivity index (χ0v) is 8.51. The van der Waals surface area contributed by atoms with Crippen LogP contribution in [0.5, 0.6) is 0 Å². The molecule has 0 fully saturated rings. The van der Waals surface area contributed by atoms with E-state index in [0.717, 1.165) is 31.6 Å². The number of aromatic nitrogens is 2. The number of aromatic amines is 1. The lowest BCUT2D eigenvalue weighted by Gasteiger charge is -2.00. The molecular formula is C10H19N3.